The van der Waals surface area contributed by atoms with Gasteiger partial charge < -0.3 is 0 Å². The molecule has 1 aliphatic heterocycles. The van der Waals surface area contributed by atoms with Gasteiger partial charge in [0.25, 0.3) is 0 Å². The van der Waals surface area contributed by atoms with E-state index < -0.39 is 10.0 Å². The molecular formula is C15H23NO2S. The van der Waals surface area contributed by atoms with Crippen LogP contribution in [-0.2, 0) is 10.0 Å². The highest BCUT2D eigenvalue weighted by Crippen LogP contribution is 2.33. The van der Waals surface area contributed by atoms with Gasteiger partial charge in [-0.2, -0.15) is 4.31 Å². The van der Waals surface area contributed by atoms with Gasteiger partial charge in [-0.15, -0.1) is 0 Å². The van der Waals surface area contributed by atoms with E-state index in [0.717, 1.165) is 31.2 Å². The Balaban J connectivity index is 2.39. The molecule has 0 N–H and O–H groups in total. The van der Waals surface area contributed by atoms with Crippen molar-refractivity contribution in [2.24, 2.45) is 0 Å². The molecule has 1 fully saturated rings. The maximum absolute atomic E-state index is 12.8. The molecule has 3 nitrogen and oxygen atoms in total. The molecule has 2 rings (SSSR count). The summed E-state index contributed by atoms with van der Waals surface area (Å²) in [4.78, 5) is 0.428. The Morgan fingerprint density at radius 3 is 1.95 bits per heavy atom. The number of hydrogen-bond acceptors (Lipinski definition) is 2. The number of hydrogen-bond donors (Lipinski definition) is 0. The molecule has 1 aliphatic rings. The summed E-state index contributed by atoms with van der Waals surface area (Å²) in [5.41, 5.74) is 1.08. The van der Waals surface area contributed by atoms with Crippen molar-refractivity contribution in [3.63, 3.8) is 0 Å². The van der Waals surface area contributed by atoms with Crippen molar-refractivity contribution in [2.75, 3.05) is 0 Å². The fourth-order valence-corrected chi connectivity index (χ4v) is 4.95. The molecule has 0 radical (unpaired) electrons. The molecule has 0 aliphatic carbocycles. The van der Waals surface area contributed by atoms with Gasteiger partial charge in [-0.3, -0.25) is 0 Å². The number of rotatable bonds is 4. The highest BCUT2D eigenvalue weighted by atomic mass is 32.2. The molecule has 0 spiro atoms. The van der Waals surface area contributed by atoms with Crippen molar-refractivity contribution in [1.29, 1.82) is 0 Å². The Morgan fingerprint density at radius 1 is 1.05 bits per heavy atom. The van der Waals surface area contributed by atoms with Crippen molar-refractivity contribution in [3.8, 4) is 0 Å². The van der Waals surface area contributed by atoms with Crippen LogP contribution < -0.4 is 0 Å². The van der Waals surface area contributed by atoms with Crippen LogP contribution in [0.5, 0.6) is 0 Å². The largest absolute Gasteiger partial charge is 0.243 e. The number of benzene rings is 1. The van der Waals surface area contributed by atoms with Crippen molar-refractivity contribution >= 4 is 10.0 Å². The first-order valence-electron chi connectivity index (χ1n) is 7.11. The van der Waals surface area contributed by atoms with E-state index in [2.05, 4.69) is 13.8 Å². The average molecular weight is 281 g/mol. The van der Waals surface area contributed by atoms with Gasteiger partial charge in [0.2, 0.25) is 10.0 Å². The first kappa shape index (κ1) is 14.5. The minimum Gasteiger partial charge on any atom is -0.207 e. The monoisotopic (exact) mass is 281 g/mol. The molecule has 19 heavy (non-hydrogen) atoms. The second kappa shape index (κ2) is 5.63. The molecular weight excluding hydrogens is 258 g/mol. The van der Waals surface area contributed by atoms with Gasteiger partial charge in [0, 0.05) is 12.1 Å². The van der Waals surface area contributed by atoms with Crippen LogP contribution in [0.25, 0.3) is 0 Å². The summed E-state index contributed by atoms with van der Waals surface area (Å²) in [6, 6.07) is 7.51. The van der Waals surface area contributed by atoms with Crippen LogP contribution in [0.1, 0.15) is 45.1 Å². The predicted molar refractivity (Wildman–Crippen MR) is 77.6 cm³/mol. The van der Waals surface area contributed by atoms with Gasteiger partial charge in [0.15, 0.2) is 0 Å². The van der Waals surface area contributed by atoms with Crippen LogP contribution in [0.4, 0.5) is 0 Å². The Labute approximate surface area is 116 Å². The molecule has 2 atom stereocenters. The van der Waals surface area contributed by atoms with Crippen molar-refractivity contribution in [1.82, 2.24) is 4.31 Å². The van der Waals surface area contributed by atoms with E-state index in [4.69, 9.17) is 0 Å². The van der Waals surface area contributed by atoms with Crippen molar-refractivity contribution < 1.29 is 8.42 Å². The van der Waals surface area contributed by atoms with Crippen LogP contribution in [-0.4, -0.2) is 24.8 Å². The SMILES string of the molecule is CC[C@H]1CC[C@H](CC)N1S(=O)(=O)c1ccc(C)cc1. The number of nitrogens with zero attached hydrogens (tertiary/aromatic N) is 1. The fraction of sp³-hybridized carbons (Fsp3) is 0.600. The summed E-state index contributed by atoms with van der Waals surface area (Å²) in [6.45, 7) is 6.11. The average Bonchev–Trinajstić information content (AvgIpc) is 2.82. The van der Waals surface area contributed by atoms with Gasteiger partial charge >= 0.3 is 0 Å². The summed E-state index contributed by atoms with van der Waals surface area (Å²) in [7, 11) is -3.34. The van der Waals surface area contributed by atoms with Gasteiger partial charge in [0.05, 0.1) is 4.90 Å². The van der Waals surface area contributed by atoms with Crippen LogP contribution in [0.2, 0.25) is 0 Å². The molecule has 0 bridgehead atoms. The fourth-order valence-electron chi connectivity index (χ4n) is 2.93. The van der Waals surface area contributed by atoms with Gasteiger partial charge in [0.1, 0.15) is 0 Å². The molecule has 1 saturated heterocycles. The third-order valence-electron chi connectivity index (χ3n) is 4.09. The normalized spacial score (nSPS) is 24.8. The molecule has 1 aromatic rings. The van der Waals surface area contributed by atoms with Crippen LogP contribution in [0, 0.1) is 6.92 Å². The highest BCUT2D eigenvalue weighted by Gasteiger charge is 2.40. The molecule has 106 valence electrons. The lowest BCUT2D eigenvalue weighted by molar-refractivity contribution is 0.310. The van der Waals surface area contributed by atoms with E-state index in [0.29, 0.717) is 4.90 Å². The number of aryl methyl sites for hydroxylation is 1. The third kappa shape index (κ3) is 2.70. The Kier molecular flexibility index (Phi) is 4.31. The topological polar surface area (TPSA) is 37.4 Å². The summed E-state index contributed by atoms with van der Waals surface area (Å²) >= 11 is 0. The van der Waals surface area contributed by atoms with E-state index >= 15 is 0 Å². The molecule has 1 heterocycles. The summed E-state index contributed by atoms with van der Waals surface area (Å²) < 4.78 is 27.4. The molecule has 4 heteroatoms. The zero-order valence-corrected chi connectivity index (χ0v) is 12.8. The van der Waals surface area contributed by atoms with E-state index in [-0.39, 0.29) is 12.1 Å². The lowest BCUT2D eigenvalue weighted by Gasteiger charge is -2.28. The second-order valence-electron chi connectivity index (χ2n) is 5.35. The van der Waals surface area contributed by atoms with Crippen molar-refractivity contribution in [3.05, 3.63) is 29.8 Å². The second-order valence-corrected chi connectivity index (χ2v) is 7.19. The minimum atomic E-state index is -3.34. The van der Waals surface area contributed by atoms with Gasteiger partial charge in [-0.1, -0.05) is 31.5 Å². The predicted octanol–water partition coefficient (Wildman–Crippen LogP) is 3.34. The summed E-state index contributed by atoms with van der Waals surface area (Å²) in [5, 5.41) is 0. The lowest BCUT2D eigenvalue weighted by Crippen LogP contribution is -2.40. The van der Waals surface area contributed by atoms with Gasteiger partial charge in [-0.25, -0.2) is 8.42 Å². The molecule has 0 aromatic heterocycles. The zero-order chi connectivity index (χ0) is 14.0. The standard InChI is InChI=1S/C15H23NO2S/c1-4-13-8-9-14(5-2)16(13)19(17,18)15-10-6-12(3)7-11-15/h6-7,10-11,13-14H,4-5,8-9H2,1-3H3/t13-,14-/m0/s1. The van der Waals surface area contributed by atoms with Gasteiger partial charge in [-0.05, 0) is 44.7 Å². The maximum atomic E-state index is 12.8. The highest BCUT2D eigenvalue weighted by molar-refractivity contribution is 7.89. The van der Waals surface area contributed by atoms with Crippen LogP contribution in [0.15, 0.2) is 29.2 Å². The Hall–Kier alpha value is -0.870. The summed E-state index contributed by atoms with van der Waals surface area (Å²) in [5.74, 6) is 0. The van der Waals surface area contributed by atoms with Crippen LogP contribution in [0.3, 0.4) is 0 Å². The zero-order valence-electron chi connectivity index (χ0n) is 12.0. The van der Waals surface area contributed by atoms with E-state index in [1.54, 1.807) is 16.4 Å². The first-order chi connectivity index (χ1) is 9.00. The third-order valence-corrected chi connectivity index (χ3v) is 6.11. The Morgan fingerprint density at radius 2 is 1.53 bits per heavy atom. The van der Waals surface area contributed by atoms with Crippen LogP contribution >= 0.6 is 0 Å². The van der Waals surface area contributed by atoms with Crippen molar-refractivity contribution in [2.45, 2.75) is 63.4 Å². The smallest absolute Gasteiger partial charge is 0.207 e. The molecule has 0 unspecified atom stereocenters. The van der Waals surface area contributed by atoms with E-state index in [1.165, 1.54) is 0 Å². The first-order valence-corrected chi connectivity index (χ1v) is 8.55. The Bertz CT molecular complexity index is 510. The maximum Gasteiger partial charge on any atom is 0.243 e. The summed E-state index contributed by atoms with van der Waals surface area (Å²) in [6.07, 6.45) is 3.75. The quantitative estimate of drug-likeness (QED) is 0.849. The van der Waals surface area contributed by atoms with E-state index in [9.17, 15) is 8.42 Å². The van der Waals surface area contributed by atoms with E-state index in [1.807, 2.05) is 19.1 Å². The number of sulfonamides is 1. The minimum absolute atomic E-state index is 0.163. The molecule has 0 amide bonds. The molecule has 0 saturated carbocycles. The lowest BCUT2D eigenvalue weighted by atomic mass is 10.1. The molecule has 1 aromatic carbocycles.